The lowest BCUT2D eigenvalue weighted by molar-refractivity contribution is 0.0599. The maximum Gasteiger partial charge on any atom is 0.341 e. The third-order valence-electron chi connectivity index (χ3n) is 1.51. The van der Waals surface area contributed by atoms with Crippen molar-refractivity contribution in [2.24, 2.45) is 0 Å². The number of esters is 1. The highest BCUT2D eigenvalue weighted by Gasteiger charge is 2.05. The van der Waals surface area contributed by atoms with E-state index in [0.29, 0.717) is 17.7 Å². The van der Waals surface area contributed by atoms with Crippen LogP contribution in [0.1, 0.15) is 16.2 Å². The Morgan fingerprint density at radius 1 is 1.54 bits per heavy atom. The molecule has 0 atom stereocenters. The normalized spacial score (nSPS) is 9.38. The van der Waals surface area contributed by atoms with Crippen LogP contribution in [-0.4, -0.2) is 30.3 Å². The van der Waals surface area contributed by atoms with Gasteiger partial charge in [-0.25, -0.2) is 14.8 Å². The van der Waals surface area contributed by atoms with Gasteiger partial charge in [-0.05, 0) is 6.32 Å². The second kappa shape index (κ2) is 4.59. The Kier molecular flexibility index (Phi) is 3.43. The molecule has 1 rings (SSSR count). The first-order valence-electron chi connectivity index (χ1n) is 3.95. The molecular weight excluding hydrogens is 167 g/mol. The predicted octanol–water partition coefficient (Wildman–Crippen LogP) is 0.515. The van der Waals surface area contributed by atoms with Gasteiger partial charge in [0.15, 0.2) is 0 Å². The van der Waals surface area contributed by atoms with Crippen molar-refractivity contribution in [3.8, 4) is 0 Å². The molecule has 0 fully saturated rings. The number of rotatable bonds is 3. The monoisotopic (exact) mass is 177 g/mol. The SMILES string of the molecule is C[B]Cc1ncc(C(=O)OC)cn1. The van der Waals surface area contributed by atoms with E-state index in [1.165, 1.54) is 19.5 Å². The van der Waals surface area contributed by atoms with Crippen LogP contribution in [0.5, 0.6) is 0 Å². The fourth-order valence-electron chi connectivity index (χ4n) is 0.866. The summed E-state index contributed by atoms with van der Waals surface area (Å²) in [5.41, 5.74) is 0.377. The Bertz CT molecular complexity index is 287. The number of methoxy groups -OCH3 is 1. The van der Waals surface area contributed by atoms with Gasteiger partial charge in [0.05, 0.1) is 12.7 Å². The molecule has 0 N–H and O–H groups in total. The second-order valence-electron chi connectivity index (χ2n) is 2.49. The highest BCUT2D eigenvalue weighted by molar-refractivity contribution is 6.32. The Hall–Kier alpha value is -1.39. The van der Waals surface area contributed by atoms with Crippen molar-refractivity contribution in [1.29, 1.82) is 0 Å². The quantitative estimate of drug-likeness (QED) is 0.498. The summed E-state index contributed by atoms with van der Waals surface area (Å²) in [5.74, 6) is 0.294. The number of ether oxygens (including phenoxy) is 1. The maximum absolute atomic E-state index is 11.0. The van der Waals surface area contributed by atoms with Crippen molar-refractivity contribution in [2.45, 2.75) is 13.1 Å². The number of aromatic nitrogens is 2. The van der Waals surface area contributed by atoms with Crippen LogP contribution in [0.3, 0.4) is 0 Å². The van der Waals surface area contributed by atoms with E-state index in [-0.39, 0.29) is 0 Å². The fourth-order valence-corrected chi connectivity index (χ4v) is 0.866. The molecule has 5 heteroatoms. The Labute approximate surface area is 77.6 Å². The molecule has 13 heavy (non-hydrogen) atoms. The highest BCUT2D eigenvalue weighted by atomic mass is 16.5. The van der Waals surface area contributed by atoms with E-state index in [0.717, 1.165) is 0 Å². The van der Waals surface area contributed by atoms with Gasteiger partial charge in [0.25, 0.3) is 0 Å². The van der Waals surface area contributed by atoms with Gasteiger partial charge < -0.3 is 4.74 Å². The minimum absolute atomic E-state index is 0.377. The van der Waals surface area contributed by atoms with Gasteiger partial charge in [0, 0.05) is 12.4 Å². The zero-order valence-corrected chi connectivity index (χ0v) is 7.65. The minimum Gasteiger partial charge on any atom is -0.465 e. The Balaban J connectivity index is 2.75. The zero-order valence-electron chi connectivity index (χ0n) is 7.65. The van der Waals surface area contributed by atoms with E-state index < -0.39 is 5.97 Å². The van der Waals surface area contributed by atoms with Gasteiger partial charge >= 0.3 is 5.97 Å². The molecule has 0 aliphatic rings. The van der Waals surface area contributed by atoms with E-state index in [1.54, 1.807) is 0 Å². The summed E-state index contributed by atoms with van der Waals surface area (Å²) in [5, 5.41) is 0. The van der Waals surface area contributed by atoms with E-state index in [9.17, 15) is 4.79 Å². The first-order chi connectivity index (χ1) is 6.27. The molecule has 0 bridgehead atoms. The van der Waals surface area contributed by atoms with Crippen LogP contribution < -0.4 is 0 Å². The number of hydrogen-bond acceptors (Lipinski definition) is 4. The number of carbonyl (C=O) groups excluding carboxylic acids is 1. The van der Waals surface area contributed by atoms with E-state index in [1.807, 2.05) is 14.1 Å². The lowest BCUT2D eigenvalue weighted by Gasteiger charge is -1.99. The largest absolute Gasteiger partial charge is 0.465 e. The average molecular weight is 177 g/mol. The molecular formula is C8H10BN2O2. The van der Waals surface area contributed by atoms with E-state index >= 15 is 0 Å². The summed E-state index contributed by atoms with van der Waals surface area (Å²) < 4.78 is 4.51. The number of nitrogens with zero attached hydrogens (tertiary/aromatic N) is 2. The number of carbonyl (C=O) groups is 1. The van der Waals surface area contributed by atoms with Crippen molar-refractivity contribution in [1.82, 2.24) is 9.97 Å². The van der Waals surface area contributed by atoms with E-state index in [2.05, 4.69) is 14.7 Å². The molecule has 0 spiro atoms. The van der Waals surface area contributed by atoms with Crippen molar-refractivity contribution in [3.63, 3.8) is 0 Å². The van der Waals surface area contributed by atoms with Crippen LogP contribution in [0.2, 0.25) is 6.82 Å². The van der Waals surface area contributed by atoms with Crippen LogP contribution in [0.15, 0.2) is 12.4 Å². The van der Waals surface area contributed by atoms with Gasteiger partial charge in [-0.1, -0.05) is 6.82 Å². The van der Waals surface area contributed by atoms with Gasteiger partial charge in [-0.3, -0.25) is 0 Å². The average Bonchev–Trinajstić information content (AvgIpc) is 2.18. The standard InChI is InChI=1S/C8H10BN2O2/c1-9-3-7-10-4-6(5-11-7)8(12)13-2/h4-5H,3H2,1-2H3. The third kappa shape index (κ3) is 2.54. The van der Waals surface area contributed by atoms with Gasteiger partial charge in [-0.15, -0.1) is 0 Å². The second-order valence-corrected chi connectivity index (χ2v) is 2.49. The molecule has 0 saturated carbocycles. The van der Waals surface area contributed by atoms with Gasteiger partial charge in [0.1, 0.15) is 13.1 Å². The Morgan fingerprint density at radius 2 is 2.15 bits per heavy atom. The first-order valence-corrected chi connectivity index (χ1v) is 3.95. The van der Waals surface area contributed by atoms with Crippen LogP contribution in [-0.2, 0) is 11.1 Å². The molecule has 0 amide bonds. The molecule has 1 aromatic heterocycles. The molecule has 1 aromatic rings. The first kappa shape index (κ1) is 9.70. The smallest absolute Gasteiger partial charge is 0.341 e. The van der Waals surface area contributed by atoms with Crippen molar-refractivity contribution < 1.29 is 9.53 Å². The van der Waals surface area contributed by atoms with Crippen LogP contribution in [0.4, 0.5) is 0 Å². The molecule has 0 aliphatic carbocycles. The molecule has 0 unspecified atom stereocenters. The summed E-state index contributed by atoms with van der Waals surface area (Å²) in [6, 6.07) is 0. The predicted molar refractivity (Wildman–Crippen MR) is 48.7 cm³/mol. The highest BCUT2D eigenvalue weighted by Crippen LogP contribution is 1.98. The van der Waals surface area contributed by atoms with E-state index in [4.69, 9.17) is 0 Å². The van der Waals surface area contributed by atoms with Crippen molar-refractivity contribution in [2.75, 3.05) is 7.11 Å². The lowest BCUT2D eigenvalue weighted by atomic mass is 9.78. The van der Waals surface area contributed by atoms with Crippen LogP contribution >= 0.6 is 0 Å². The molecule has 0 aliphatic heterocycles. The topological polar surface area (TPSA) is 52.1 Å². The third-order valence-corrected chi connectivity index (χ3v) is 1.51. The minimum atomic E-state index is -0.410. The molecule has 0 saturated heterocycles. The maximum atomic E-state index is 11.0. The lowest BCUT2D eigenvalue weighted by Crippen LogP contribution is -2.05. The molecule has 0 aromatic carbocycles. The summed E-state index contributed by atoms with van der Waals surface area (Å²) in [6.07, 6.45) is 3.65. The molecule has 4 nitrogen and oxygen atoms in total. The summed E-state index contributed by atoms with van der Waals surface area (Å²) in [6.45, 7) is 1.93. The summed E-state index contributed by atoms with van der Waals surface area (Å²) in [7, 11) is 3.28. The molecule has 1 radical (unpaired) electrons. The van der Waals surface area contributed by atoms with Crippen molar-refractivity contribution >= 4 is 13.2 Å². The zero-order chi connectivity index (χ0) is 9.68. The van der Waals surface area contributed by atoms with Crippen LogP contribution in [0, 0.1) is 0 Å². The summed E-state index contributed by atoms with van der Waals surface area (Å²) >= 11 is 0. The Morgan fingerprint density at radius 3 is 2.62 bits per heavy atom. The molecule has 1 heterocycles. The van der Waals surface area contributed by atoms with Crippen molar-refractivity contribution in [3.05, 3.63) is 23.8 Å². The fraction of sp³-hybridized carbons (Fsp3) is 0.375. The molecule has 67 valence electrons. The van der Waals surface area contributed by atoms with Gasteiger partial charge in [0.2, 0.25) is 0 Å². The summed E-state index contributed by atoms with van der Waals surface area (Å²) in [4.78, 5) is 19.0. The van der Waals surface area contributed by atoms with Gasteiger partial charge in [-0.2, -0.15) is 0 Å². The number of hydrogen-bond donors (Lipinski definition) is 0. The van der Waals surface area contributed by atoms with Crippen LogP contribution in [0.25, 0.3) is 0 Å².